The van der Waals surface area contributed by atoms with Crippen LogP contribution >= 0.6 is 23.2 Å². The lowest BCUT2D eigenvalue weighted by molar-refractivity contribution is -0.117. The van der Waals surface area contributed by atoms with Crippen molar-refractivity contribution in [3.8, 4) is 5.75 Å². The van der Waals surface area contributed by atoms with Gasteiger partial charge in [0.2, 0.25) is 5.91 Å². The maximum Gasteiger partial charge on any atom is 0.257 e. The first-order chi connectivity index (χ1) is 12.0. The molecule has 0 spiro atoms. The normalized spacial score (nSPS) is 13.9. The zero-order chi connectivity index (χ0) is 18.0. The molecule has 2 aromatic carbocycles. The van der Waals surface area contributed by atoms with Crippen LogP contribution in [0, 0.1) is 0 Å². The molecule has 130 valence electrons. The molecule has 1 N–H and O–H groups in total. The third-order valence-corrected chi connectivity index (χ3v) is 4.82. The highest BCUT2D eigenvalue weighted by molar-refractivity contribution is 6.44. The first-order valence-corrected chi connectivity index (χ1v) is 8.50. The Labute approximate surface area is 155 Å². The summed E-state index contributed by atoms with van der Waals surface area (Å²) < 4.78 is 5.38. The lowest BCUT2D eigenvalue weighted by atomic mass is 10.2. The van der Waals surface area contributed by atoms with Gasteiger partial charge in [0.05, 0.1) is 28.4 Å². The number of amides is 2. The molecule has 0 aromatic heterocycles. The lowest BCUT2D eigenvalue weighted by Crippen LogP contribution is -2.24. The quantitative estimate of drug-likeness (QED) is 0.858. The van der Waals surface area contributed by atoms with Gasteiger partial charge in [0, 0.05) is 24.7 Å². The van der Waals surface area contributed by atoms with Gasteiger partial charge in [-0.05, 0) is 30.7 Å². The molecule has 0 radical (unpaired) electrons. The second kappa shape index (κ2) is 7.33. The average molecular weight is 379 g/mol. The first-order valence-electron chi connectivity index (χ1n) is 7.75. The fourth-order valence-electron chi connectivity index (χ4n) is 2.76. The van der Waals surface area contributed by atoms with Crippen molar-refractivity contribution in [3.63, 3.8) is 0 Å². The van der Waals surface area contributed by atoms with Crippen molar-refractivity contribution in [1.29, 1.82) is 0 Å². The van der Waals surface area contributed by atoms with Gasteiger partial charge in [0.25, 0.3) is 5.91 Å². The molecule has 1 aliphatic heterocycles. The average Bonchev–Trinajstić information content (AvgIpc) is 3.03. The van der Waals surface area contributed by atoms with E-state index in [1.807, 2.05) is 0 Å². The van der Waals surface area contributed by atoms with Crippen molar-refractivity contribution < 1.29 is 14.3 Å². The van der Waals surface area contributed by atoms with Gasteiger partial charge >= 0.3 is 0 Å². The van der Waals surface area contributed by atoms with Crippen LogP contribution in [0.25, 0.3) is 0 Å². The Bertz CT molecular complexity index is 839. The highest BCUT2D eigenvalue weighted by Crippen LogP contribution is 2.34. The number of ether oxygens (including phenoxy) is 1. The Balaban J connectivity index is 1.85. The third-order valence-electron chi connectivity index (χ3n) is 4.00. The summed E-state index contributed by atoms with van der Waals surface area (Å²) >= 11 is 12.0. The van der Waals surface area contributed by atoms with E-state index in [0.717, 1.165) is 6.42 Å². The monoisotopic (exact) mass is 378 g/mol. The predicted molar refractivity (Wildman–Crippen MR) is 99.0 cm³/mol. The van der Waals surface area contributed by atoms with Crippen molar-refractivity contribution in [2.45, 2.75) is 12.8 Å². The zero-order valence-corrected chi connectivity index (χ0v) is 15.0. The molecule has 0 atom stereocenters. The summed E-state index contributed by atoms with van der Waals surface area (Å²) in [5.41, 5.74) is 1.52. The molecule has 2 amide bonds. The van der Waals surface area contributed by atoms with Crippen LogP contribution in [-0.4, -0.2) is 25.5 Å². The molecule has 0 unspecified atom stereocenters. The van der Waals surface area contributed by atoms with Crippen LogP contribution < -0.4 is 15.0 Å². The van der Waals surface area contributed by atoms with Crippen LogP contribution in [0.1, 0.15) is 23.2 Å². The summed E-state index contributed by atoms with van der Waals surface area (Å²) in [7, 11) is 1.53. The van der Waals surface area contributed by atoms with Crippen molar-refractivity contribution >= 4 is 46.4 Å². The minimum absolute atomic E-state index is 0.0702. The minimum atomic E-state index is -0.375. The van der Waals surface area contributed by atoms with Crippen LogP contribution in [0.15, 0.2) is 36.4 Å². The molecular formula is C18H16Cl2N2O3. The molecule has 3 rings (SSSR count). The van der Waals surface area contributed by atoms with Gasteiger partial charge in [-0.25, -0.2) is 0 Å². The maximum absolute atomic E-state index is 12.4. The molecule has 0 bridgehead atoms. The van der Waals surface area contributed by atoms with E-state index in [1.165, 1.54) is 7.11 Å². The molecule has 0 saturated carbocycles. The minimum Gasteiger partial charge on any atom is -0.494 e. The topological polar surface area (TPSA) is 58.6 Å². The molecule has 0 aliphatic carbocycles. The zero-order valence-electron chi connectivity index (χ0n) is 13.5. The van der Waals surface area contributed by atoms with Crippen molar-refractivity contribution in [2.75, 3.05) is 23.9 Å². The van der Waals surface area contributed by atoms with E-state index in [-0.39, 0.29) is 22.4 Å². The molecule has 5 nitrogen and oxygen atoms in total. The summed E-state index contributed by atoms with van der Waals surface area (Å²) in [5, 5.41) is 3.28. The van der Waals surface area contributed by atoms with E-state index in [9.17, 15) is 9.59 Å². The predicted octanol–water partition coefficient (Wildman–Crippen LogP) is 4.38. The van der Waals surface area contributed by atoms with Crippen molar-refractivity contribution in [2.24, 2.45) is 0 Å². The molecular weight excluding hydrogens is 363 g/mol. The number of nitrogens with zero attached hydrogens (tertiary/aromatic N) is 1. The summed E-state index contributed by atoms with van der Waals surface area (Å²) in [6.07, 6.45) is 1.36. The Kier molecular flexibility index (Phi) is 5.16. The van der Waals surface area contributed by atoms with Crippen LogP contribution in [-0.2, 0) is 4.79 Å². The van der Waals surface area contributed by atoms with Gasteiger partial charge in [0.1, 0.15) is 5.75 Å². The standard InChI is InChI=1S/C18H16Cl2N2O3/c1-25-15-10-11(7-8-14(15)22-9-3-6-16(22)23)21-18(24)12-4-2-5-13(19)17(12)20/h2,4-5,7-8,10H,3,6,9H2,1H3,(H,21,24). The molecule has 2 aromatic rings. The summed E-state index contributed by atoms with van der Waals surface area (Å²) in [5.74, 6) is 0.214. The number of anilines is 2. The number of hydrogen-bond acceptors (Lipinski definition) is 3. The first kappa shape index (κ1) is 17.6. The van der Waals surface area contributed by atoms with Gasteiger partial charge < -0.3 is 15.0 Å². The maximum atomic E-state index is 12.4. The molecule has 25 heavy (non-hydrogen) atoms. The molecule has 1 fully saturated rings. The number of benzene rings is 2. The fraction of sp³-hybridized carbons (Fsp3) is 0.222. The number of carbonyl (C=O) groups excluding carboxylic acids is 2. The summed E-state index contributed by atoms with van der Waals surface area (Å²) in [6.45, 7) is 0.666. The van der Waals surface area contributed by atoms with Crippen molar-refractivity contribution in [1.82, 2.24) is 0 Å². The Morgan fingerprint density at radius 2 is 2.04 bits per heavy atom. The van der Waals surface area contributed by atoms with Gasteiger partial charge in [-0.2, -0.15) is 0 Å². The van der Waals surface area contributed by atoms with Gasteiger partial charge in [0.15, 0.2) is 0 Å². The highest BCUT2D eigenvalue weighted by atomic mass is 35.5. The van der Waals surface area contributed by atoms with Crippen LogP contribution in [0.2, 0.25) is 10.0 Å². The molecule has 1 heterocycles. The van der Waals surface area contributed by atoms with E-state index in [1.54, 1.807) is 41.3 Å². The number of halogens is 2. The molecule has 1 saturated heterocycles. The Morgan fingerprint density at radius 1 is 1.24 bits per heavy atom. The fourth-order valence-corrected chi connectivity index (χ4v) is 3.15. The molecule has 1 aliphatic rings. The Hall–Kier alpha value is -2.24. The van der Waals surface area contributed by atoms with Gasteiger partial charge in [-0.15, -0.1) is 0 Å². The number of rotatable bonds is 4. The second-order valence-corrected chi connectivity index (χ2v) is 6.38. The van der Waals surface area contributed by atoms with Crippen LogP contribution in [0.3, 0.4) is 0 Å². The van der Waals surface area contributed by atoms with E-state index in [0.29, 0.717) is 35.1 Å². The highest BCUT2D eigenvalue weighted by Gasteiger charge is 2.24. The molecule has 7 heteroatoms. The summed E-state index contributed by atoms with van der Waals surface area (Å²) in [4.78, 5) is 26.0. The SMILES string of the molecule is COc1cc(NC(=O)c2cccc(Cl)c2Cl)ccc1N1CCCC1=O. The second-order valence-electron chi connectivity index (χ2n) is 5.59. The largest absolute Gasteiger partial charge is 0.494 e. The van der Waals surface area contributed by atoms with E-state index in [4.69, 9.17) is 27.9 Å². The number of hydrogen-bond donors (Lipinski definition) is 1. The van der Waals surface area contributed by atoms with Gasteiger partial charge in [-0.3, -0.25) is 9.59 Å². The van der Waals surface area contributed by atoms with E-state index < -0.39 is 0 Å². The third kappa shape index (κ3) is 3.57. The number of carbonyl (C=O) groups is 2. The van der Waals surface area contributed by atoms with Gasteiger partial charge in [-0.1, -0.05) is 29.3 Å². The lowest BCUT2D eigenvalue weighted by Gasteiger charge is -2.19. The van der Waals surface area contributed by atoms with Crippen LogP contribution in [0.5, 0.6) is 5.75 Å². The van der Waals surface area contributed by atoms with E-state index in [2.05, 4.69) is 5.32 Å². The van der Waals surface area contributed by atoms with Crippen molar-refractivity contribution in [3.05, 3.63) is 52.0 Å². The van der Waals surface area contributed by atoms with E-state index >= 15 is 0 Å². The Morgan fingerprint density at radius 3 is 2.72 bits per heavy atom. The number of methoxy groups -OCH3 is 1. The number of nitrogens with one attached hydrogen (secondary N) is 1. The summed E-state index contributed by atoms with van der Waals surface area (Å²) in [6, 6.07) is 10.0. The smallest absolute Gasteiger partial charge is 0.257 e. The van der Waals surface area contributed by atoms with Crippen LogP contribution in [0.4, 0.5) is 11.4 Å².